The van der Waals surface area contributed by atoms with E-state index in [0.29, 0.717) is 48.4 Å². The second kappa shape index (κ2) is 52.0. The van der Waals surface area contributed by atoms with E-state index in [2.05, 4.69) is 134 Å². The van der Waals surface area contributed by atoms with E-state index in [9.17, 15) is 19.2 Å². The van der Waals surface area contributed by atoms with Crippen molar-refractivity contribution in [1.29, 1.82) is 0 Å². The number of carbonyl (C=O) groups is 4. The van der Waals surface area contributed by atoms with Crippen LogP contribution < -0.4 is 21.3 Å². The molecule has 8 heteroatoms. The SMILES string of the molecule is CCCCCCCCCCCCCCNC(=O)c1ccc(-c2cc(-c3ccc(C(=O)NCCCCCCCCCCCCCC)cc3)c3ccc4c(-c5ccc(C(=O)NCCCCCCCCCCCCCC)cc5)cc(-c5ccc(C(=O)NCCCCCCCCCCCCCC)cc5)c5ccc2c3c54)cc1. The van der Waals surface area contributed by atoms with E-state index in [0.717, 1.165) is 128 Å². The van der Waals surface area contributed by atoms with Crippen molar-refractivity contribution in [2.45, 2.75) is 336 Å². The topological polar surface area (TPSA) is 116 Å². The molecular formula is C100H142N4O4. The highest BCUT2D eigenvalue weighted by Crippen LogP contribution is 2.49. The Hall–Kier alpha value is -7.32. The first-order valence-electron chi connectivity index (χ1n) is 44.6. The van der Waals surface area contributed by atoms with Crippen LogP contribution in [0.3, 0.4) is 0 Å². The van der Waals surface area contributed by atoms with Crippen molar-refractivity contribution < 1.29 is 19.2 Å². The lowest BCUT2D eigenvalue weighted by Gasteiger charge is -2.22. The summed E-state index contributed by atoms with van der Waals surface area (Å²) in [4.78, 5) is 55.2. The number of benzene rings is 8. The minimum absolute atomic E-state index is 0.0501. The summed E-state index contributed by atoms with van der Waals surface area (Å²) >= 11 is 0. The van der Waals surface area contributed by atoms with Crippen molar-refractivity contribution in [2.24, 2.45) is 0 Å². The van der Waals surface area contributed by atoms with E-state index < -0.39 is 0 Å². The number of unbranched alkanes of at least 4 members (excludes halogenated alkanes) is 44. The molecule has 0 aliphatic rings. The number of hydrogen-bond donors (Lipinski definition) is 4. The highest BCUT2D eigenvalue weighted by molar-refractivity contribution is 6.32. The van der Waals surface area contributed by atoms with Crippen LogP contribution in [0.15, 0.2) is 133 Å². The standard InChI is InChI=1S/C100H142N4O4/c1-5-9-13-17-21-25-29-33-37-41-45-49-73-101-97(105)83-61-53-79(54-62-83)91-77-92(80-55-63-84(64-56-80)98(106)102-74-50-46-42-38-34-30-26-22-18-14-10-6-2)88-71-72-90-94(82-59-67-86(68-60-82)100(108)104-76-52-48-44-40-36-32-28-24-20-16-12-8-4)78-93(89-70-69-87(91)95(88)96(89)90)81-57-65-85(66-58-81)99(107)103-75-51-47-43-39-35-31-27-23-19-15-11-7-3/h53-72,77-78H,5-52,73-76H2,1-4H3,(H,101,105)(H,102,106)(H,103,107)(H,104,108). The first-order chi connectivity index (χ1) is 53.2. The average molecular weight is 1460 g/mol. The number of amides is 4. The second-order valence-corrected chi connectivity index (χ2v) is 31.9. The van der Waals surface area contributed by atoms with Crippen LogP contribution in [-0.2, 0) is 0 Å². The van der Waals surface area contributed by atoms with Gasteiger partial charge in [0.2, 0.25) is 0 Å². The summed E-state index contributed by atoms with van der Waals surface area (Å²) in [5.74, 6) is -0.200. The van der Waals surface area contributed by atoms with E-state index in [4.69, 9.17) is 0 Å². The number of carbonyl (C=O) groups excluding carboxylic acids is 4. The van der Waals surface area contributed by atoms with Crippen LogP contribution in [0.4, 0.5) is 0 Å². The van der Waals surface area contributed by atoms with Gasteiger partial charge in [-0.05, 0) is 163 Å². The summed E-state index contributed by atoms with van der Waals surface area (Å²) in [5, 5.41) is 19.5. The van der Waals surface area contributed by atoms with Crippen molar-refractivity contribution >= 4 is 55.9 Å². The van der Waals surface area contributed by atoms with Crippen molar-refractivity contribution in [3.05, 3.63) is 156 Å². The van der Waals surface area contributed by atoms with Crippen LogP contribution in [0.1, 0.15) is 377 Å². The summed E-state index contributed by atoms with van der Waals surface area (Å²) in [5.41, 5.74) is 10.8. The van der Waals surface area contributed by atoms with Gasteiger partial charge in [-0.25, -0.2) is 0 Å². The predicted molar refractivity (Wildman–Crippen MR) is 466 cm³/mol. The zero-order valence-corrected chi connectivity index (χ0v) is 68.1. The molecular weight excluding hydrogens is 1320 g/mol. The molecule has 0 bridgehead atoms. The van der Waals surface area contributed by atoms with Gasteiger partial charge in [0.05, 0.1) is 0 Å². The van der Waals surface area contributed by atoms with Crippen molar-refractivity contribution in [1.82, 2.24) is 21.3 Å². The summed E-state index contributed by atoms with van der Waals surface area (Å²) in [7, 11) is 0. The smallest absolute Gasteiger partial charge is 0.251 e. The molecule has 0 atom stereocenters. The van der Waals surface area contributed by atoms with Crippen molar-refractivity contribution in [3.63, 3.8) is 0 Å². The third-order valence-electron chi connectivity index (χ3n) is 23.0. The largest absolute Gasteiger partial charge is 0.352 e. The van der Waals surface area contributed by atoms with E-state index >= 15 is 0 Å². The molecule has 8 aromatic rings. The lowest BCUT2D eigenvalue weighted by molar-refractivity contribution is 0.0944. The Labute approximate surface area is 654 Å². The van der Waals surface area contributed by atoms with Gasteiger partial charge in [0.1, 0.15) is 0 Å². The Kier molecular flexibility index (Phi) is 41.5. The average Bonchev–Trinajstić information content (AvgIpc) is 0.708. The molecule has 0 heterocycles. The van der Waals surface area contributed by atoms with Crippen LogP contribution in [0, 0.1) is 0 Å². The molecule has 0 fully saturated rings. The first-order valence-corrected chi connectivity index (χ1v) is 44.6. The summed E-state index contributed by atoms with van der Waals surface area (Å²) < 4.78 is 0. The van der Waals surface area contributed by atoms with E-state index in [-0.39, 0.29) is 23.6 Å². The van der Waals surface area contributed by atoms with E-state index in [1.807, 2.05) is 48.5 Å². The fraction of sp³-hybridized carbons (Fsp3) is 0.560. The fourth-order valence-electron chi connectivity index (χ4n) is 16.2. The lowest BCUT2D eigenvalue weighted by atomic mass is 9.81. The maximum absolute atomic E-state index is 13.8. The van der Waals surface area contributed by atoms with Crippen LogP contribution >= 0.6 is 0 Å². The van der Waals surface area contributed by atoms with Gasteiger partial charge in [-0.2, -0.15) is 0 Å². The Morgan fingerprint density at radius 3 is 0.500 bits per heavy atom. The van der Waals surface area contributed by atoms with Gasteiger partial charge >= 0.3 is 0 Å². The number of hydrogen-bond acceptors (Lipinski definition) is 4. The zero-order valence-electron chi connectivity index (χ0n) is 68.1. The van der Waals surface area contributed by atoms with Crippen LogP contribution in [0.2, 0.25) is 0 Å². The molecule has 0 saturated carbocycles. The number of nitrogens with one attached hydrogen (secondary N) is 4. The minimum Gasteiger partial charge on any atom is -0.352 e. The molecule has 0 aliphatic heterocycles. The molecule has 8 nitrogen and oxygen atoms in total. The maximum atomic E-state index is 13.8. The molecule has 8 rings (SSSR count). The van der Waals surface area contributed by atoms with Gasteiger partial charge in [0.25, 0.3) is 23.6 Å². The van der Waals surface area contributed by atoms with Crippen molar-refractivity contribution in [2.75, 3.05) is 26.2 Å². The minimum atomic E-state index is -0.0501. The second-order valence-electron chi connectivity index (χ2n) is 31.9. The molecule has 0 unspecified atom stereocenters. The molecule has 4 amide bonds. The van der Waals surface area contributed by atoms with Gasteiger partial charge in [0.15, 0.2) is 0 Å². The summed E-state index contributed by atoms with van der Waals surface area (Å²) in [6.45, 7) is 11.8. The van der Waals surface area contributed by atoms with Crippen LogP contribution in [0.25, 0.3) is 76.8 Å². The third-order valence-corrected chi connectivity index (χ3v) is 23.0. The molecule has 0 saturated heterocycles. The van der Waals surface area contributed by atoms with E-state index in [1.165, 1.54) is 257 Å². The quantitative estimate of drug-likeness (QED) is 0.0224. The van der Waals surface area contributed by atoms with Crippen molar-refractivity contribution in [3.8, 4) is 44.5 Å². The number of rotatable bonds is 60. The summed E-state index contributed by atoms with van der Waals surface area (Å²) in [6.07, 6.45) is 61.4. The lowest BCUT2D eigenvalue weighted by Crippen LogP contribution is -2.24. The molecule has 4 N–H and O–H groups in total. The van der Waals surface area contributed by atoms with Crippen LogP contribution in [0.5, 0.6) is 0 Å². The van der Waals surface area contributed by atoms with E-state index in [1.54, 1.807) is 0 Å². The predicted octanol–water partition coefficient (Wildman–Crippen LogP) is 29.0. The Morgan fingerprint density at radius 1 is 0.194 bits per heavy atom. The Morgan fingerprint density at radius 2 is 0.343 bits per heavy atom. The molecule has 0 aromatic heterocycles. The first kappa shape index (κ1) is 86.3. The monoisotopic (exact) mass is 1460 g/mol. The molecule has 0 aliphatic carbocycles. The Bertz CT molecular complexity index is 3310. The molecule has 8 aromatic carbocycles. The fourth-order valence-corrected chi connectivity index (χ4v) is 16.2. The summed E-state index contributed by atoms with van der Waals surface area (Å²) in [6, 6.07) is 46.3. The van der Waals surface area contributed by atoms with Gasteiger partial charge in [-0.1, -0.05) is 383 Å². The highest BCUT2D eigenvalue weighted by atomic mass is 16.2. The molecule has 0 spiro atoms. The zero-order chi connectivity index (χ0) is 75.9. The third kappa shape index (κ3) is 29.5. The normalized spacial score (nSPS) is 11.6. The van der Waals surface area contributed by atoms with Gasteiger partial charge in [-0.15, -0.1) is 0 Å². The molecule has 0 radical (unpaired) electrons. The van der Waals surface area contributed by atoms with Gasteiger partial charge in [0, 0.05) is 48.4 Å². The Balaban J connectivity index is 1.05. The van der Waals surface area contributed by atoms with Gasteiger partial charge in [-0.3, -0.25) is 19.2 Å². The molecule has 586 valence electrons. The van der Waals surface area contributed by atoms with Gasteiger partial charge < -0.3 is 21.3 Å². The van der Waals surface area contributed by atoms with Crippen LogP contribution in [-0.4, -0.2) is 49.8 Å². The molecule has 108 heavy (non-hydrogen) atoms. The highest BCUT2D eigenvalue weighted by Gasteiger charge is 2.23. The maximum Gasteiger partial charge on any atom is 0.251 e.